The molecule has 5 heteroatoms. The van der Waals surface area contributed by atoms with E-state index in [2.05, 4.69) is 15.9 Å². The van der Waals surface area contributed by atoms with Gasteiger partial charge in [-0.15, -0.1) is 0 Å². The summed E-state index contributed by atoms with van der Waals surface area (Å²) in [6, 6.07) is 8.09. The lowest BCUT2D eigenvalue weighted by atomic mass is 10.2. The van der Waals surface area contributed by atoms with Gasteiger partial charge in [0.15, 0.2) is 5.78 Å². The van der Waals surface area contributed by atoms with Crippen LogP contribution in [-0.4, -0.2) is 64.2 Å². The van der Waals surface area contributed by atoms with Crippen LogP contribution in [-0.2, 0) is 9.53 Å². The third-order valence-electron chi connectivity index (χ3n) is 3.50. The van der Waals surface area contributed by atoms with E-state index < -0.39 is 0 Å². The average Bonchev–Trinajstić information content (AvgIpc) is 2.48. The summed E-state index contributed by atoms with van der Waals surface area (Å²) in [5, 5.41) is 0. The third-order valence-corrected chi connectivity index (χ3v) is 3.50. The molecule has 0 atom stereocenters. The molecular weight excluding hydrogens is 256 g/mol. The van der Waals surface area contributed by atoms with Crippen LogP contribution in [0.15, 0.2) is 24.3 Å². The largest absolute Gasteiger partial charge is 0.497 e. The highest BCUT2D eigenvalue weighted by atomic mass is 16.5. The van der Waals surface area contributed by atoms with Crippen LogP contribution in [0, 0.1) is 0 Å². The smallest absolute Gasteiger partial charge is 0.172 e. The lowest BCUT2D eigenvalue weighted by molar-refractivity contribution is -0.123. The fraction of sp³-hybridized carbons (Fsp3) is 0.533. The number of anilines is 1. The summed E-state index contributed by atoms with van der Waals surface area (Å²) in [4.78, 5) is 16.0. The Bertz CT molecular complexity index is 442. The van der Waals surface area contributed by atoms with E-state index in [1.807, 2.05) is 18.2 Å². The summed E-state index contributed by atoms with van der Waals surface area (Å²) in [5.41, 5.74) is 1.17. The number of ether oxygens (including phenoxy) is 2. The molecule has 5 nitrogen and oxygen atoms in total. The summed E-state index contributed by atoms with van der Waals surface area (Å²) in [7, 11) is 3.23. The number of hydrogen-bond donors (Lipinski definition) is 0. The monoisotopic (exact) mass is 278 g/mol. The molecule has 1 aromatic rings. The predicted octanol–water partition coefficient (Wildman–Crippen LogP) is 1.03. The van der Waals surface area contributed by atoms with Gasteiger partial charge in [-0.25, -0.2) is 0 Å². The number of hydrogen-bond acceptors (Lipinski definition) is 5. The molecule has 0 bridgehead atoms. The average molecular weight is 278 g/mol. The minimum Gasteiger partial charge on any atom is -0.497 e. The second-order valence-corrected chi connectivity index (χ2v) is 4.94. The lowest BCUT2D eigenvalue weighted by Gasteiger charge is -2.35. The van der Waals surface area contributed by atoms with E-state index in [9.17, 15) is 4.79 Å². The van der Waals surface area contributed by atoms with Crippen molar-refractivity contribution in [3.8, 4) is 5.75 Å². The van der Waals surface area contributed by atoms with Gasteiger partial charge in [-0.1, -0.05) is 6.07 Å². The summed E-state index contributed by atoms with van der Waals surface area (Å²) >= 11 is 0. The molecule has 0 amide bonds. The summed E-state index contributed by atoms with van der Waals surface area (Å²) in [6.07, 6.45) is 0. The van der Waals surface area contributed by atoms with Crippen molar-refractivity contribution in [3.05, 3.63) is 24.3 Å². The Labute approximate surface area is 120 Å². The molecule has 1 aliphatic rings. The molecule has 0 saturated carbocycles. The van der Waals surface area contributed by atoms with Gasteiger partial charge in [0.1, 0.15) is 12.4 Å². The zero-order chi connectivity index (χ0) is 14.4. The topological polar surface area (TPSA) is 42.0 Å². The van der Waals surface area contributed by atoms with Crippen LogP contribution in [0.3, 0.4) is 0 Å². The molecule has 1 saturated heterocycles. The second kappa shape index (κ2) is 7.26. The third kappa shape index (κ3) is 3.95. The van der Waals surface area contributed by atoms with Gasteiger partial charge in [0.05, 0.1) is 13.7 Å². The highest BCUT2D eigenvalue weighted by molar-refractivity contribution is 5.81. The fourth-order valence-electron chi connectivity index (χ4n) is 2.43. The number of carbonyl (C=O) groups is 1. The lowest BCUT2D eigenvalue weighted by Crippen LogP contribution is -2.48. The Morgan fingerprint density at radius 3 is 2.60 bits per heavy atom. The molecule has 1 fully saturated rings. The van der Waals surface area contributed by atoms with Gasteiger partial charge in [0.2, 0.25) is 0 Å². The Morgan fingerprint density at radius 2 is 1.95 bits per heavy atom. The van der Waals surface area contributed by atoms with E-state index in [4.69, 9.17) is 9.47 Å². The van der Waals surface area contributed by atoms with Gasteiger partial charge in [-0.3, -0.25) is 9.69 Å². The molecule has 0 spiro atoms. The van der Waals surface area contributed by atoms with Crippen molar-refractivity contribution in [2.45, 2.75) is 0 Å². The first-order valence-electron chi connectivity index (χ1n) is 6.85. The maximum atomic E-state index is 11.5. The zero-order valence-corrected chi connectivity index (χ0v) is 12.2. The molecule has 0 radical (unpaired) electrons. The van der Waals surface area contributed by atoms with Crippen LogP contribution in [0.2, 0.25) is 0 Å². The maximum Gasteiger partial charge on any atom is 0.172 e. The first-order valence-corrected chi connectivity index (χ1v) is 6.85. The molecule has 0 aromatic heterocycles. The summed E-state index contributed by atoms with van der Waals surface area (Å²) < 4.78 is 10.1. The molecule has 0 N–H and O–H groups in total. The van der Waals surface area contributed by atoms with Gasteiger partial charge < -0.3 is 14.4 Å². The summed E-state index contributed by atoms with van der Waals surface area (Å²) in [5.74, 6) is 1.02. The van der Waals surface area contributed by atoms with E-state index in [0.717, 1.165) is 31.9 Å². The minimum absolute atomic E-state index is 0.141. The molecule has 2 rings (SSSR count). The van der Waals surface area contributed by atoms with Crippen molar-refractivity contribution in [1.82, 2.24) is 4.90 Å². The Morgan fingerprint density at radius 1 is 1.20 bits per heavy atom. The minimum atomic E-state index is 0.141. The van der Waals surface area contributed by atoms with E-state index in [0.29, 0.717) is 6.54 Å². The Hall–Kier alpha value is -1.59. The Kier molecular flexibility index (Phi) is 5.38. The van der Waals surface area contributed by atoms with Crippen LogP contribution in [0.4, 0.5) is 5.69 Å². The Balaban J connectivity index is 1.86. The van der Waals surface area contributed by atoms with Crippen molar-refractivity contribution in [1.29, 1.82) is 0 Å². The maximum absolute atomic E-state index is 11.5. The van der Waals surface area contributed by atoms with Crippen LogP contribution in [0.5, 0.6) is 5.75 Å². The normalized spacial score (nSPS) is 16.2. The van der Waals surface area contributed by atoms with Gasteiger partial charge in [0.25, 0.3) is 0 Å². The number of benzene rings is 1. The molecule has 110 valence electrons. The first-order chi connectivity index (χ1) is 9.72. The zero-order valence-electron chi connectivity index (χ0n) is 12.2. The number of ketones is 1. The van der Waals surface area contributed by atoms with Crippen molar-refractivity contribution in [2.75, 3.05) is 58.5 Å². The molecule has 1 heterocycles. The molecule has 1 aliphatic heterocycles. The molecule has 1 aromatic carbocycles. The van der Waals surface area contributed by atoms with Crippen molar-refractivity contribution >= 4 is 11.5 Å². The highest BCUT2D eigenvalue weighted by Crippen LogP contribution is 2.21. The molecule has 0 aliphatic carbocycles. The number of Topliss-reactive ketones (excluding diaryl/α,β-unsaturated/α-hetero) is 1. The first kappa shape index (κ1) is 14.8. The van der Waals surface area contributed by atoms with Crippen LogP contribution >= 0.6 is 0 Å². The molecule has 0 unspecified atom stereocenters. The number of rotatable bonds is 6. The fourth-order valence-corrected chi connectivity index (χ4v) is 2.43. The van der Waals surface area contributed by atoms with Crippen molar-refractivity contribution < 1.29 is 14.3 Å². The van der Waals surface area contributed by atoms with E-state index >= 15 is 0 Å². The van der Waals surface area contributed by atoms with E-state index in [1.165, 1.54) is 5.69 Å². The van der Waals surface area contributed by atoms with Crippen LogP contribution in [0.1, 0.15) is 0 Å². The van der Waals surface area contributed by atoms with Gasteiger partial charge in [-0.05, 0) is 12.1 Å². The number of methoxy groups -OCH3 is 2. The van der Waals surface area contributed by atoms with Gasteiger partial charge in [-0.2, -0.15) is 0 Å². The highest BCUT2D eigenvalue weighted by Gasteiger charge is 2.19. The number of piperazine rings is 1. The number of nitrogens with zero attached hydrogens (tertiary/aromatic N) is 2. The SMILES string of the molecule is COCC(=O)CN1CCN(c2cccc(OC)c2)CC1. The van der Waals surface area contributed by atoms with Crippen molar-refractivity contribution in [2.24, 2.45) is 0 Å². The van der Waals surface area contributed by atoms with E-state index in [-0.39, 0.29) is 12.4 Å². The van der Waals surface area contributed by atoms with Gasteiger partial charge in [0, 0.05) is 45.0 Å². The van der Waals surface area contributed by atoms with Crippen LogP contribution in [0.25, 0.3) is 0 Å². The number of carbonyl (C=O) groups excluding carboxylic acids is 1. The quantitative estimate of drug-likeness (QED) is 0.777. The van der Waals surface area contributed by atoms with Crippen LogP contribution < -0.4 is 9.64 Å². The van der Waals surface area contributed by atoms with Gasteiger partial charge >= 0.3 is 0 Å². The predicted molar refractivity (Wildman–Crippen MR) is 78.5 cm³/mol. The van der Waals surface area contributed by atoms with E-state index in [1.54, 1.807) is 14.2 Å². The second-order valence-electron chi connectivity index (χ2n) is 4.94. The molecule has 20 heavy (non-hydrogen) atoms. The summed E-state index contributed by atoms with van der Waals surface area (Å²) in [6.45, 7) is 4.33. The van der Waals surface area contributed by atoms with Crippen molar-refractivity contribution in [3.63, 3.8) is 0 Å². The molecular formula is C15H22N2O3. The standard InChI is InChI=1S/C15H22N2O3/c1-19-12-14(18)11-16-6-8-17(9-7-16)13-4-3-5-15(10-13)20-2/h3-5,10H,6-9,11-12H2,1-2H3.